The Morgan fingerprint density at radius 1 is 0.979 bits per heavy atom. The first-order valence-corrected chi connectivity index (χ1v) is 18.8. The summed E-state index contributed by atoms with van der Waals surface area (Å²) in [4.78, 5) is 47.0. The zero-order valence-electron chi connectivity index (χ0n) is 29.1. The number of hydrogen-bond acceptors (Lipinski definition) is 8. The van der Waals surface area contributed by atoms with E-state index in [0.717, 1.165) is 37.5 Å². The number of likely N-dealkylation sites (tertiary alicyclic amines) is 1. The third kappa shape index (κ3) is 9.63. The van der Waals surface area contributed by atoms with E-state index >= 15 is 0 Å². The number of fused-ring (bicyclic) bond motifs is 1. The SMILES string of the molecule is CC(C)(C)NC(=O)[C@@H]1C[C@@H]2CCCC[C@@H]2CN1C[C@@H](O)[C@H](Cc1ccccc1)NC(=O)[C@@H](NC(=O)c1cccnc1)C(C)(C)S(C)(=O)=O. The smallest absolute Gasteiger partial charge is 0.253 e. The molecule has 4 N–H and O–H groups in total. The standard InChI is InChI=1S/C36H53N5O6S/c1-35(2,3)40-33(44)29-20-25-15-10-11-16-27(25)22-41(29)23-30(42)28(19-24-13-8-7-9-14-24)38-34(45)31(36(4,5)48(6,46)47)39-32(43)26-17-12-18-37-21-26/h7-9,12-14,17-18,21,25,27-31,42H,10-11,15-16,19-20,22-23H2,1-6H3,(H,38,45)(H,39,43)(H,40,44)/t25-,27+,28-,29-,30+,31+/m0/s1. The minimum atomic E-state index is -3.86. The van der Waals surface area contributed by atoms with Gasteiger partial charge >= 0.3 is 0 Å². The van der Waals surface area contributed by atoms with Crippen molar-refractivity contribution < 1.29 is 27.9 Å². The monoisotopic (exact) mass is 683 g/mol. The van der Waals surface area contributed by atoms with Gasteiger partial charge in [0.05, 0.1) is 28.5 Å². The lowest BCUT2D eigenvalue weighted by Gasteiger charge is -2.47. The molecular formula is C36H53N5O6S. The Hall–Kier alpha value is -3.35. The number of carbonyl (C=O) groups is 3. The molecule has 264 valence electrons. The molecule has 1 aromatic carbocycles. The number of aromatic nitrogens is 1. The maximum absolute atomic E-state index is 14.1. The molecular weight excluding hydrogens is 630 g/mol. The predicted molar refractivity (Wildman–Crippen MR) is 186 cm³/mol. The highest BCUT2D eigenvalue weighted by molar-refractivity contribution is 7.92. The van der Waals surface area contributed by atoms with Crippen molar-refractivity contribution in [2.24, 2.45) is 11.8 Å². The second-order valence-electron chi connectivity index (χ2n) is 15.1. The first kappa shape index (κ1) is 37.5. The number of pyridine rings is 1. The van der Waals surface area contributed by atoms with Crippen LogP contribution in [0.25, 0.3) is 0 Å². The van der Waals surface area contributed by atoms with E-state index in [4.69, 9.17) is 0 Å². The molecule has 1 aromatic heterocycles. The molecule has 6 atom stereocenters. The van der Waals surface area contributed by atoms with Gasteiger partial charge in [0, 0.05) is 37.3 Å². The van der Waals surface area contributed by atoms with Crippen LogP contribution in [0.15, 0.2) is 54.9 Å². The van der Waals surface area contributed by atoms with Crippen LogP contribution in [0.2, 0.25) is 0 Å². The number of nitrogens with one attached hydrogen (secondary N) is 3. The van der Waals surface area contributed by atoms with Crippen LogP contribution in [0.4, 0.5) is 0 Å². The zero-order chi connectivity index (χ0) is 35.3. The average molecular weight is 684 g/mol. The molecule has 2 heterocycles. The number of benzene rings is 1. The van der Waals surface area contributed by atoms with Crippen LogP contribution in [-0.2, 0) is 25.8 Å². The van der Waals surface area contributed by atoms with Gasteiger partial charge in [-0.15, -0.1) is 0 Å². The lowest BCUT2D eigenvalue weighted by atomic mass is 9.72. The van der Waals surface area contributed by atoms with E-state index in [-0.39, 0.29) is 24.4 Å². The first-order chi connectivity index (χ1) is 22.5. The van der Waals surface area contributed by atoms with E-state index in [1.807, 2.05) is 51.1 Å². The third-order valence-corrected chi connectivity index (χ3v) is 12.1. The molecule has 0 spiro atoms. The topological polar surface area (TPSA) is 158 Å². The summed E-state index contributed by atoms with van der Waals surface area (Å²) in [5.41, 5.74) is 0.607. The molecule has 0 radical (unpaired) electrons. The second-order valence-corrected chi connectivity index (χ2v) is 17.7. The number of β-amino-alcohol motifs (C(OH)–C–C–N with tert-alkyl or cyclic N) is 1. The summed E-state index contributed by atoms with van der Waals surface area (Å²) in [5, 5.41) is 20.6. The van der Waals surface area contributed by atoms with Gasteiger partial charge < -0.3 is 21.1 Å². The molecule has 12 heteroatoms. The van der Waals surface area contributed by atoms with Crippen molar-refractivity contribution in [3.63, 3.8) is 0 Å². The molecule has 3 amide bonds. The van der Waals surface area contributed by atoms with E-state index in [9.17, 15) is 27.9 Å². The van der Waals surface area contributed by atoms with Crippen LogP contribution in [-0.4, -0.2) is 95.0 Å². The molecule has 4 rings (SSSR count). The highest BCUT2D eigenvalue weighted by atomic mass is 32.2. The Morgan fingerprint density at radius 2 is 1.65 bits per heavy atom. The minimum absolute atomic E-state index is 0.0737. The molecule has 11 nitrogen and oxygen atoms in total. The summed E-state index contributed by atoms with van der Waals surface area (Å²) in [6.45, 7) is 9.43. The molecule has 0 unspecified atom stereocenters. The fraction of sp³-hybridized carbons (Fsp3) is 0.611. The second kappa shape index (κ2) is 15.5. The fourth-order valence-electron chi connectivity index (χ4n) is 6.89. The molecule has 1 aliphatic heterocycles. The number of aliphatic hydroxyl groups excluding tert-OH is 1. The first-order valence-electron chi connectivity index (χ1n) is 16.9. The number of aliphatic hydroxyl groups is 1. The molecule has 48 heavy (non-hydrogen) atoms. The summed E-state index contributed by atoms with van der Waals surface area (Å²) >= 11 is 0. The molecule has 1 aliphatic carbocycles. The number of rotatable bonds is 12. The maximum atomic E-state index is 14.1. The summed E-state index contributed by atoms with van der Waals surface area (Å²) in [6, 6.07) is 9.70. The Morgan fingerprint density at radius 3 is 2.25 bits per heavy atom. The number of carbonyl (C=O) groups excluding carboxylic acids is 3. The molecule has 0 bridgehead atoms. The van der Waals surface area contributed by atoms with E-state index in [0.29, 0.717) is 24.8 Å². The van der Waals surface area contributed by atoms with Crippen LogP contribution in [0.5, 0.6) is 0 Å². The van der Waals surface area contributed by atoms with Crippen LogP contribution in [0, 0.1) is 11.8 Å². The van der Waals surface area contributed by atoms with Gasteiger partial charge in [0.15, 0.2) is 9.84 Å². The maximum Gasteiger partial charge on any atom is 0.253 e. The van der Waals surface area contributed by atoms with Crippen LogP contribution < -0.4 is 16.0 Å². The van der Waals surface area contributed by atoms with Gasteiger partial charge in [0.2, 0.25) is 11.8 Å². The normalized spacial score (nSPS) is 22.4. The van der Waals surface area contributed by atoms with Crippen molar-refractivity contribution in [2.45, 2.75) is 108 Å². The van der Waals surface area contributed by atoms with Crippen molar-refractivity contribution in [2.75, 3.05) is 19.3 Å². The van der Waals surface area contributed by atoms with Crippen molar-refractivity contribution in [1.29, 1.82) is 0 Å². The lowest BCUT2D eigenvalue weighted by molar-refractivity contribution is -0.133. The van der Waals surface area contributed by atoms with Crippen molar-refractivity contribution >= 4 is 27.6 Å². The highest BCUT2D eigenvalue weighted by Crippen LogP contribution is 2.39. The molecule has 2 aliphatic rings. The Kier molecular flexibility index (Phi) is 12.1. The van der Waals surface area contributed by atoms with Gasteiger partial charge in [0.1, 0.15) is 6.04 Å². The summed E-state index contributed by atoms with van der Waals surface area (Å²) in [7, 11) is -3.86. The predicted octanol–water partition coefficient (Wildman–Crippen LogP) is 2.89. The van der Waals surface area contributed by atoms with E-state index < -0.39 is 56.2 Å². The largest absolute Gasteiger partial charge is 0.390 e. The lowest BCUT2D eigenvalue weighted by Crippen LogP contribution is -2.64. The van der Waals surface area contributed by atoms with Gasteiger partial charge in [-0.1, -0.05) is 49.6 Å². The summed E-state index contributed by atoms with van der Waals surface area (Å²) in [6.07, 6.45) is 8.17. The zero-order valence-corrected chi connectivity index (χ0v) is 29.9. The average Bonchev–Trinajstić information content (AvgIpc) is 3.02. The Labute approximate surface area is 285 Å². The minimum Gasteiger partial charge on any atom is -0.390 e. The molecule has 2 aromatic rings. The fourth-order valence-corrected chi connectivity index (χ4v) is 7.49. The number of sulfone groups is 1. The van der Waals surface area contributed by atoms with Gasteiger partial charge in [-0.2, -0.15) is 0 Å². The summed E-state index contributed by atoms with van der Waals surface area (Å²) in [5.74, 6) is -0.589. The molecule has 1 saturated heterocycles. The van der Waals surface area contributed by atoms with Crippen LogP contribution in [0.1, 0.15) is 82.6 Å². The van der Waals surface area contributed by atoms with Gasteiger partial charge in [-0.25, -0.2) is 8.42 Å². The van der Waals surface area contributed by atoms with Gasteiger partial charge in [-0.05, 0) is 83.4 Å². The number of nitrogens with zero attached hydrogens (tertiary/aromatic N) is 2. The number of hydrogen-bond donors (Lipinski definition) is 4. The van der Waals surface area contributed by atoms with Gasteiger partial charge in [-0.3, -0.25) is 24.3 Å². The van der Waals surface area contributed by atoms with Crippen molar-refractivity contribution in [3.05, 3.63) is 66.0 Å². The van der Waals surface area contributed by atoms with Gasteiger partial charge in [0.25, 0.3) is 5.91 Å². The van der Waals surface area contributed by atoms with E-state index in [1.54, 1.807) is 6.07 Å². The van der Waals surface area contributed by atoms with E-state index in [1.165, 1.54) is 32.3 Å². The van der Waals surface area contributed by atoms with Crippen LogP contribution in [0.3, 0.4) is 0 Å². The highest BCUT2D eigenvalue weighted by Gasteiger charge is 2.46. The Bertz CT molecular complexity index is 1510. The molecule has 1 saturated carbocycles. The van der Waals surface area contributed by atoms with E-state index in [2.05, 4.69) is 25.8 Å². The van der Waals surface area contributed by atoms with Crippen molar-refractivity contribution in [1.82, 2.24) is 25.8 Å². The number of piperidine rings is 1. The third-order valence-electron chi connectivity index (χ3n) is 9.93. The van der Waals surface area contributed by atoms with Crippen molar-refractivity contribution in [3.8, 4) is 0 Å². The quantitative estimate of drug-likeness (QED) is 0.266. The molecule has 2 fully saturated rings. The Balaban J connectivity index is 1.63. The van der Waals surface area contributed by atoms with Crippen LogP contribution >= 0.6 is 0 Å². The summed E-state index contributed by atoms with van der Waals surface area (Å²) < 4.78 is 24.2. The number of amides is 3.